The number of anilines is 1. The van der Waals surface area contributed by atoms with Gasteiger partial charge in [-0.1, -0.05) is 48.2 Å². The molecule has 0 aliphatic rings. The summed E-state index contributed by atoms with van der Waals surface area (Å²) in [5.74, 6) is -0.152. The van der Waals surface area contributed by atoms with Crippen LogP contribution in [0.25, 0.3) is 11.5 Å². The number of aromatic nitrogens is 2. The van der Waals surface area contributed by atoms with Crippen LogP contribution in [0.1, 0.15) is 23.6 Å². The van der Waals surface area contributed by atoms with E-state index in [1.54, 1.807) is 6.92 Å². The van der Waals surface area contributed by atoms with Gasteiger partial charge in [-0.25, -0.2) is 0 Å². The number of rotatable bonds is 7. The van der Waals surface area contributed by atoms with Gasteiger partial charge in [-0.05, 0) is 50.5 Å². The summed E-state index contributed by atoms with van der Waals surface area (Å²) < 4.78 is 5.68. The number of benzene rings is 2. The van der Waals surface area contributed by atoms with E-state index in [0.717, 1.165) is 39.7 Å². The monoisotopic (exact) mass is 424 g/mol. The van der Waals surface area contributed by atoms with Crippen molar-refractivity contribution in [3.05, 3.63) is 59.2 Å². The van der Waals surface area contributed by atoms with Crippen molar-refractivity contribution in [1.29, 1.82) is 0 Å². The zero-order valence-corrected chi connectivity index (χ0v) is 18.2. The average Bonchev–Trinajstić information content (AvgIpc) is 3.17. The standard InChI is InChI=1S/C22H24N4O3S/c1-13-8-5-6-11-17(13)21-25-26-22(29-21)30-16(4)20(28)23-12-18(27)24-19-14(2)9-7-10-15(19)3/h5-11,16H,12H2,1-4H3,(H,23,28)(H,24,27). The van der Waals surface area contributed by atoms with Crippen LogP contribution in [0.5, 0.6) is 0 Å². The molecule has 0 aliphatic carbocycles. The lowest BCUT2D eigenvalue weighted by molar-refractivity contribution is -0.123. The molecule has 1 atom stereocenters. The number of aryl methyl sites for hydroxylation is 3. The molecular weight excluding hydrogens is 400 g/mol. The van der Waals surface area contributed by atoms with Crippen LogP contribution >= 0.6 is 11.8 Å². The van der Waals surface area contributed by atoms with Gasteiger partial charge >= 0.3 is 0 Å². The molecule has 0 bridgehead atoms. The van der Waals surface area contributed by atoms with E-state index < -0.39 is 5.25 Å². The van der Waals surface area contributed by atoms with Crippen LogP contribution in [-0.4, -0.2) is 33.8 Å². The molecule has 1 aromatic heterocycles. The Hall–Kier alpha value is -3.13. The Morgan fingerprint density at radius 1 is 1.00 bits per heavy atom. The van der Waals surface area contributed by atoms with Gasteiger partial charge in [0.05, 0.1) is 11.8 Å². The van der Waals surface area contributed by atoms with E-state index in [1.807, 2.05) is 63.2 Å². The highest BCUT2D eigenvalue weighted by Crippen LogP contribution is 2.27. The normalized spacial score (nSPS) is 11.7. The van der Waals surface area contributed by atoms with Crippen LogP contribution in [0.15, 0.2) is 52.1 Å². The highest BCUT2D eigenvalue weighted by Gasteiger charge is 2.20. The molecule has 0 aliphatic heterocycles. The minimum atomic E-state index is -0.497. The summed E-state index contributed by atoms with van der Waals surface area (Å²) in [7, 11) is 0. The van der Waals surface area contributed by atoms with Gasteiger partial charge in [0, 0.05) is 11.3 Å². The van der Waals surface area contributed by atoms with E-state index >= 15 is 0 Å². The predicted molar refractivity (Wildman–Crippen MR) is 117 cm³/mol. The van der Waals surface area contributed by atoms with Gasteiger partial charge in [0.1, 0.15) is 0 Å². The summed E-state index contributed by atoms with van der Waals surface area (Å²) in [6.07, 6.45) is 0. The Labute approximate surface area is 179 Å². The third kappa shape index (κ3) is 5.27. The van der Waals surface area contributed by atoms with E-state index in [2.05, 4.69) is 20.8 Å². The number of carbonyl (C=O) groups is 2. The van der Waals surface area contributed by atoms with Crippen molar-refractivity contribution >= 4 is 29.3 Å². The summed E-state index contributed by atoms with van der Waals surface area (Å²) in [5, 5.41) is 13.4. The van der Waals surface area contributed by atoms with Gasteiger partial charge in [0.15, 0.2) is 0 Å². The van der Waals surface area contributed by atoms with E-state index in [0.29, 0.717) is 11.1 Å². The number of nitrogens with zero attached hydrogens (tertiary/aromatic N) is 2. The lowest BCUT2D eigenvalue weighted by Gasteiger charge is -2.13. The Bertz CT molecular complexity index is 1040. The zero-order chi connectivity index (χ0) is 21.7. The topological polar surface area (TPSA) is 97.1 Å². The first-order chi connectivity index (χ1) is 14.3. The van der Waals surface area contributed by atoms with Gasteiger partial charge in [-0.15, -0.1) is 10.2 Å². The second-order valence-electron chi connectivity index (χ2n) is 6.98. The number of amides is 2. The molecule has 0 fully saturated rings. The molecule has 0 radical (unpaired) electrons. The third-order valence-corrected chi connectivity index (χ3v) is 5.53. The van der Waals surface area contributed by atoms with Crippen LogP contribution in [0, 0.1) is 20.8 Å². The number of hydrogen-bond acceptors (Lipinski definition) is 6. The first kappa shape index (κ1) is 21.6. The maximum absolute atomic E-state index is 12.4. The Morgan fingerprint density at radius 2 is 1.67 bits per heavy atom. The van der Waals surface area contributed by atoms with E-state index in [-0.39, 0.29) is 18.4 Å². The van der Waals surface area contributed by atoms with Crippen LogP contribution in [-0.2, 0) is 9.59 Å². The summed E-state index contributed by atoms with van der Waals surface area (Å²) in [6, 6.07) is 13.5. The van der Waals surface area contributed by atoms with Gasteiger partial charge in [0.25, 0.3) is 5.22 Å². The number of nitrogens with one attached hydrogen (secondary N) is 2. The Balaban J connectivity index is 1.53. The minimum Gasteiger partial charge on any atom is -0.411 e. The summed E-state index contributed by atoms with van der Waals surface area (Å²) in [4.78, 5) is 24.6. The lowest BCUT2D eigenvalue weighted by Crippen LogP contribution is -2.37. The molecule has 3 rings (SSSR count). The molecule has 0 saturated heterocycles. The van der Waals surface area contributed by atoms with E-state index in [9.17, 15) is 9.59 Å². The van der Waals surface area contributed by atoms with Gasteiger partial charge in [-0.3, -0.25) is 9.59 Å². The van der Waals surface area contributed by atoms with E-state index in [4.69, 9.17) is 4.42 Å². The molecule has 30 heavy (non-hydrogen) atoms. The molecule has 3 aromatic rings. The minimum absolute atomic E-state index is 0.115. The predicted octanol–water partition coefficient (Wildman–Crippen LogP) is 3.90. The lowest BCUT2D eigenvalue weighted by atomic mass is 10.1. The molecule has 1 heterocycles. The van der Waals surface area contributed by atoms with Crippen molar-refractivity contribution in [2.45, 2.75) is 38.2 Å². The van der Waals surface area contributed by atoms with Gasteiger partial charge in [0.2, 0.25) is 17.7 Å². The fourth-order valence-corrected chi connectivity index (χ4v) is 3.60. The van der Waals surface area contributed by atoms with Crippen LogP contribution < -0.4 is 10.6 Å². The molecule has 7 nitrogen and oxygen atoms in total. The summed E-state index contributed by atoms with van der Waals surface area (Å²) in [6.45, 7) is 7.42. The second-order valence-corrected chi connectivity index (χ2v) is 8.27. The fraction of sp³-hybridized carbons (Fsp3) is 0.273. The zero-order valence-electron chi connectivity index (χ0n) is 17.4. The second kappa shape index (κ2) is 9.58. The van der Waals surface area contributed by atoms with Gasteiger partial charge in [-0.2, -0.15) is 0 Å². The highest BCUT2D eigenvalue weighted by molar-refractivity contribution is 8.00. The molecular formula is C22H24N4O3S. The van der Waals surface area contributed by atoms with E-state index in [1.165, 1.54) is 0 Å². The first-order valence-electron chi connectivity index (χ1n) is 9.55. The molecule has 1 unspecified atom stereocenters. The summed E-state index contributed by atoms with van der Waals surface area (Å²) >= 11 is 1.15. The number of carbonyl (C=O) groups excluding carboxylic acids is 2. The van der Waals surface area contributed by atoms with Crippen molar-refractivity contribution in [3.8, 4) is 11.5 Å². The van der Waals surface area contributed by atoms with Crippen LogP contribution in [0.2, 0.25) is 0 Å². The first-order valence-corrected chi connectivity index (χ1v) is 10.4. The quantitative estimate of drug-likeness (QED) is 0.559. The number of para-hydroxylation sites is 1. The van der Waals surface area contributed by atoms with Crippen molar-refractivity contribution in [2.75, 3.05) is 11.9 Å². The largest absolute Gasteiger partial charge is 0.411 e. The van der Waals surface area contributed by atoms with Crippen molar-refractivity contribution in [1.82, 2.24) is 15.5 Å². The summed E-state index contributed by atoms with van der Waals surface area (Å²) in [5.41, 5.74) is 4.60. The third-order valence-electron chi connectivity index (χ3n) is 4.60. The number of hydrogen-bond donors (Lipinski definition) is 2. The maximum atomic E-state index is 12.4. The Kier molecular flexibility index (Phi) is 6.89. The Morgan fingerprint density at radius 3 is 2.37 bits per heavy atom. The van der Waals surface area contributed by atoms with Crippen LogP contribution in [0.4, 0.5) is 5.69 Å². The smallest absolute Gasteiger partial charge is 0.277 e. The van der Waals surface area contributed by atoms with Crippen molar-refractivity contribution in [2.24, 2.45) is 0 Å². The SMILES string of the molecule is Cc1ccccc1-c1nnc(SC(C)C(=O)NCC(=O)Nc2c(C)cccc2C)o1. The fourth-order valence-electron chi connectivity index (χ4n) is 2.89. The molecule has 2 amide bonds. The molecule has 156 valence electrons. The highest BCUT2D eigenvalue weighted by atomic mass is 32.2. The molecule has 2 aromatic carbocycles. The average molecular weight is 425 g/mol. The molecule has 2 N–H and O–H groups in total. The molecule has 8 heteroatoms. The maximum Gasteiger partial charge on any atom is 0.277 e. The number of thioether (sulfide) groups is 1. The van der Waals surface area contributed by atoms with Gasteiger partial charge < -0.3 is 15.1 Å². The molecule has 0 saturated carbocycles. The van der Waals surface area contributed by atoms with Crippen molar-refractivity contribution < 1.29 is 14.0 Å². The van der Waals surface area contributed by atoms with Crippen molar-refractivity contribution in [3.63, 3.8) is 0 Å². The van der Waals surface area contributed by atoms with Crippen LogP contribution in [0.3, 0.4) is 0 Å². The molecule has 0 spiro atoms.